The Bertz CT molecular complexity index is 798. The monoisotopic (exact) mass is 384 g/mol. The highest BCUT2D eigenvalue weighted by Crippen LogP contribution is 2.23. The maximum absolute atomic E-state index is 12.5. The molecule has 1 aliphatic rings. The van der Waals surface area contributed by atoms with E-state index in [9.17, 15) is 9.59 Å². The molecule has 1 aromatic carbocycles. The second-order valence-corrected chi connectivity index (χ2v) is 7.17. The Morgan fingerprint density at radius 1 is 1.25 bits per heavy atom. The van der Waals surface area contributed by atoms with Crippen LogP contribution in [0.1, 0.15) is 37.1 Å². The zero-order chi connectivity index (χ0) is 19.9. The lowest BCUT2D eigenvalue weighted by Gasteiger charge is -2.20. The van der Waals surface area contributed by atoms with Crippen molar-refractivity contribution < 1.29 is 9.59 Å². The summed E-state index contributed by atoms with van der Waals surface area (Å²) >= 11 is 0. The van der Waals surface area contributed by atoms with E-state index in [1.165, 1.54) is 6.92 Å². The average Bonchev–Trinajstić information content (AvgIpc) is 3.06. The molecule has 8 heteroatoms. The number of amides is 2. The van der Waals surface area contributed by atoms with Crippen molar-refractivity contribution in [2.75, 3.05) is 31.5 Å². The topological polar surface area (TPSA) is 92.2 Å². The summed E-state index contributed by atoms with van der Waals surface area (Å²) in [5.41, 5.74) is 1.13. The van der Waals surface area contributed by atoms with Crippen LogP contribution in [0.25, 0.3) is 0 Å². The van der Waals surface area contributed by atoms with E-state index in [-0.39, 0.29) is 18.4 Å². The predicted molar refractivity (Wildman–Crippen MR) is 107 cm³/mol. The van der Waals surface area contributed by atoms with Gasteiger partial charge < -0.3 is 10.2 Å². The van der Waals surface area contributed by atoms with E-state index in [4.69, 9.17) is 0 Å². The minimum absolute atomic E-state index is 0.00227. The first kappa shape index (κ1) is 20.0. The minimum atomic E-state index is -0.268. The second-order valence-electron chi connectivity index (χ2n) is 7.17. The van der Waals surface area contributed by atoms with Crippen molar-refractivity contribution in [2.45, 2.75) is 32.1 Å². The Hall–Kier alpha value is -2.74. The molecule has 28 heavy (non-hydrogen) atoms. The molecule has 2 aromatic rings. The normalized spacial score (nSPS) is 14.6. The molecule has 0 saturated carbocycles. The molecule has 0 radical (unpaired) electrons. The highest BCUT2D eigenvalue weighted by molar-refractivity contribution is 5.93. The Morgan fingerprint density at radius 3 is 2.64 bits per heavy atom. The molecule has 150 valence electrons. The van der Waals surface area contributed by atoms with Gasteiger partial charge in [-0.25, -0.2) is 4.68 Å². The van der Waals surface area contributed by atoms with Crippen molar-refractivity contribution in [1.29, 1.82) is 0 Å². The van der Waals surface area contributed by atoms with Crippen LogP contribution in [0.4, 0.5) is 5.95 Å². The smallest absolute Gasteiger partial charge is 0.246 e. The zero-order valence-electron chi connectivity index (χ0n) is 16.5. The number of aromatic nitrogens is 3. The summed E-state index contributed by atoms with van der Waals surface area (Å²) in [5, 5.41) is 10.6. The molecule has 0 spiro atoms. The van der Waals surface area contributed by atoms with E-state index in [1.807, 2.05) is 30.3 Å². The minimum Gasteiger partial charge on any atom is -0.333 e. The van der Waals surface area contributed by atoms with E-state index in [1.54, 1.807) is 16.6 Å². The number of hydrogen-bond donors (Lipinski definition) is 2. The number of piperidine rings is 1. The number of rotatable bonds is 7. The van der Waals surface area contributed by atoms with Crippen LogP contribution < -0.4 is 10.6 Å². The molecule has 1 fully saturated rings. The fourth-order valence-electron chi connectivity index (χ4n) is 3.36. The average molecular weight is 384 g/mol. The highest BCUT2D eigenvalue weighted by atomic mass is 16.2. The SMILES string of the molecule is CC(=O)N(CCc1ccccc1)CC(=O)Nc1nc(C2CCNCC2)nn1C. The van der Waals surface area contributed by atoms with Crippen molar-refractivity contribution in [1.82, 2.24) is 25.0 Å². The molecule has 2 heterocycles. The van der Waals surface area contributed by atoms with Gasteiger partial charge in [-0.15, -0.1) is 0 Å². The summed E-state index contributed by atoms with van der Waals surface area (Å²) < 4.78 is 1.59. The third kappa shape index (κ3) is 5.39. The third-order valence-corrected chi connectivity index (χ3v) is 5.03. The van der Waals surface area contributed by atoms with Crippen molar-refractivity contribution in [2.24, 2.45) is 7.05 Å². The van der Waals surface area contributed by atoms with Crippen LogP contribution in [-0.2, 0) is 23.1 Å². The van der Waals surface area contributed by atoms with Gasteiger partial charge in [0.1, 0.15) is 0 Å². The molecule has 0 atom stereocenters. The molecule has 0 unspecified atom stereocenters. The van der Waals surface area contributed by atoms with Crippen LogP contribution in [-0.4, -0.2) is 57.7 Å². The number of hydrogen-bond acceptors (Lipinski definition) is 5. The Balaban J connectivity index is 1.57. The van der Waals surface area contributed by atoms with Crippen molar-refractivity contribution in [3.05, 3.63) is 41.7 Å². The summed E-state index contributed by atoms with van der Waals surface area (Å²) in [5.74, 6) is 1.12. The first-order valence-electron chi connectivity index (χ1n) is 9.74. The van der Waals surface area contributed by atoms with Gasteiger partial charge in [-0.3, -0.25) is 14.9 Å². The van der Waals surface area contributed by atoms with Crippen LogP contribution in [0.5, 0.6) is 0 Å². The van der Waals surface area contributed by atoms with Crippen LogP contribution in [0.3, 0.4) is 0 Å². The quantitative estimate of drug-likeness (QED) is 0.751. The predicted octanol–water partition coefficient (Wildman–Crippen LogP) is 1.31. The summed E-state index contributed by atoms with van der Waals surface area (Å²) in [7, 11) is 1.77. The van der Waals surface area contributed by atoms with Crippen molar-refractivity contribution in [3.8, 4) is 0 Å². The maximum atomic E-state index is 12.5. The van der Waals surface area contributed by atoms with E-state index >= 15 is 0 Å². The summed E-state index contributed by atoms with van der Waals surface area (Å²) in [4.78, 5) is 30.5. The van der Waals surface area contributed by atoms with E-state index in [0.29, 0.717) is 24.8 Å². The van der Waals surface area contributed by atoms with Gasteiger partial charge >= 0.3 is 0 Å². The lowest BCUT2D eigenvalue weighted by molar-refractivity contribution is -0.132. The fourth-order valence-corrected chi connectivity index (χ4v) is 3.36. The van der Waals surface area contributed by atoms with Crippen molar-refractivity contribution in [3.63, 3.8) is 0 Å². The first-order valence-corrected chi connectivity index (χ1v) is 9.74. The van der Waals surface area contributed by atoms with E-state index in [0.717, 1.165) is 37.3 Å². The molecule has 1 aliphatic heterocycles. The molecule has 0 bridgehead atoms. The molecule has 1 aromatic heterocycles. The van der Waals surface area contributed by atoms with Gasteiger partial charge in [0.2, 0.25) is 17.8 Å². The van der Waals surface area contributed by atoms with E-state index in [2.05, 4.69) is 20.7 Å². The molecule has 0 aliphatic carbocycles. The van der Waals surface area contributed by atoms with Gasteiger partial charge in [0.25, 0.3) is 0 Å². The maximum Gasteiger partial charge on any atom is 0.246 e. The lowest BCUT2D eigenvalue weighted by Crippen LogP contribution is -2.38. The van der Waals surface area contributed by atoms with Gasteiger partial charge in [-0.2, -0.15) is 10.1 Å². The standard InChI is InChI=1S/C20H28N6O2/c1-15(27)26(13-10-16-6-4-3-5-7-16)14-18(28)22-20-23-19(24-25(20)2)17-8-11-21-12-9-17/h3-7,17,21H,8-14H2,1-2H3,(H,22,23,24,28). The van der Waals surface area contributed by atoms with Gasteiger partial charge in [0, 0.05) is 26.4 Å². The molecular formula is C20H28N6O2. The number of carbonyl (C=O) groups excluding carboxylic acids is 2. The molecule has 1 saturated heterocycles. The largest absolute Gasteiger partial charge is 0.333 e. The summed E-state index contributed by atoms with van der Waals surface area (Å²) in [6, 6.07) is 9.92. The van der Waals surface area contributed by atoms with Gasteiger partial charge in [0.05, 0.1) is 6.54 Å². The van der Waals surface area contributed by atoms with E-state index < -0.39 is 0 Å². The molecule has 3 rings (SSSR count). The fraction of sp³-hybridized carbons (Fsp3) is 0.500. The molecule has 8 nitrogen and oxygen atoms in total. The van der Waals surface area contributed by atoms with Crippen LogP contribution in [0.2, 0.25) is 0 Å². The Kier molecular flexibility index (Phi) is 6.76. The number of nitrogens with zero attached hydrogens (tertiary/aromatic N) is 4. The first-order chi connectivity index (χ1) is 13.5. The van der Waals surface area contributed by atoms with Gasteiger partial charge in [-0.05, 0) is 37.9 Å². The van der Waals surface area contributed by atoms with Crippen molar-refractivity contribution >= 4 is 17.8 Å². The Morgan fingerprint density at radius 2 is 1.96 bits per heavy atom. The highest BCUT2D eigenvalue weighted by Gasteiger charge is 2.22. The number of benzene rings is 1. The molecule has 2 amide bonds. The van der Waals surface area contributed by atoms with Gasteiger partial charge in [-0.1, -0.05) is 30.3 Å². The third-order valence-electron chi connectivity index (χ3n) is 5.03. The number of carbonyl (C=O) groups is 2. The van der Waals surface area contributed by atoms with Crippen LogP contribution >= 0.6 is 0 Å². The second kappa shape index (κ2) is 9.45. The van der Waals surface area contributed by atoms with Crippen LogP contribution in [0.15, 0.2) is 30.3 Å². The lowest BCUT2D eigenvalue weighted by atomic mass is 9.98. The number of nitrogens with one attached hydrogen (secondary N) is 2. The number of aryl methyl sites for hydroxylation is 1. The summed E-state index contributed by atoms with van der Waals surface area (Å²) in [6.45, 7) is 3.89. The summed E-state index contributed by atoms with van der Waals surface area (Å²) in [6.07, 6.45) is 2.70. The van der Waals surface area contributed by atoms with Gasteiger partial charge in [0.15, 0.2) is 5.82 Å². The zero-order valence-corrected chi connectivity index (χ0v) is 16.5. The molecule has 2 N–H and O–H groups in total. The van der Waals surface area contributed by atoms with Crippen LogP contribution in [0, 0.1) is 0 Å². The molecular weight excluding hydrogens is 356 g/mol. The Labute approximate surface area is 165 Å². The number of anilines is 1.